The minimum atomic E-state index is -0.493. The monoisotopic (exact) mass is 440 g/mol. The smallest absolute Gasteiger partial charge is 0.410 e. The highest BCUT2D eigenvalue weighted by Gasteiger charge is 2.44. The Labute approximate surface area is 185 Å². The lowest BCUT2D eigenvalue weighted by atomic mass is 10.1. The molecule has 9 heteroatoms. The third kappa shape index (κ3) is 3.80. The van der Waals surface area contributed by atoms with Crippen LogP contribution in [0.5, 0.6) is 0 Å². The van der Waals surface area contributed by atoms with E-state index >= 15 is 0 Å². The summed E-state index contributed by atoms with van der Waals surface area (Å²) in [7, 11) is 0. The fourth-order valence-corrected chi connectivity index (χ4v) is 4.73. The average Bonchev–Trinajstić information content (AvgIpc) is 3.25. The molecule has 3 aromatic heterocycles. The van der Waals surface area contributed by atoms with Crippen LogP contribution in [0.15, 0.2) is 30.6 Å². The van der Waals surface area contributed by atoms with Gasteiger partial charge in [0.15, 0.2) is 5.65 Å². The lowest BCUT2D eigenvalue weighted by Gasteiger charge is -2.42. The van der Waals surface area contributed by atoms with Gasteiger partial charge in [-0.05, 0) is 51.8 Å². The second-order valence-electron chi connectivity index (χ2n) is 9.16. The second-order valence-corrected chi connectivity index (χ2v) is 9.55. The number of ether oxygens (including phenoxy) is 1. The first-order valence-electron chi connectivity index (χ1n) is 10.5. The highest BCUT2D eigenvalue weighted by Crippen LogP contribution is 2.36. The SMILES string of the molecule is CC(C)(C)OC(=O)N1C2CCC1CN(c1ccnc3nc(-c4ccnc(Cl)c4)[nH]c13)C2. The molecular formula is C22H25ClN6O2. The molecule has 0 saturated carbocycles. The van der Waals surface area contributed by atoms with Crippen LogP contribution in [0.3, 0.4) is 0 Å². The zero-order valence-corrected chi connectivity index (χ0v) is 18.6. The van der Waals surface area contributed by atoms with E-state index in [2.05, 4.69) is 24.8 Å². The molecule has 3 aromatic rings. The Kier molecular flexibility index (Phi) is 4.77. The van der Waals surface area contributed by atoms with Crippen LogP contribution in [0.4, 0.5) is 10.5 Å². The van der Waals surface area contributed by atoms with E-state index in [4.69, 9.17) is 16.3 Å². The Morgan fingerprint density at radius 2 is 1.87 bits per heavy atom. The number of hydrogen-bond acceptors (Lipinski definition) is 6. The topological polar surface area (TPSA) is 87.2 Å². The van der Waals surface area contributed by atoms with Crippen LogP contribution in [0.25, 0.3) is 22.6 Å². The molecule has 2 unspecified atom stereocenters. The van der Waals surface area contributed by atoms with Crippen LogP contribution >= 0.6 is 11.6 Å². The van der Waals surface area contributed by atoms with Crippen LogP contribution in [-0.2, 0) is 4.74 Å². The Morgan fingerprint density at radius 3 is 2.55 bits per heavy atom. The van der Waals surface area contributed by atoms with Crippen molar-refractivity contribution in [1.29, 1.82) is 0 Å². The fourth-order valence-electron chi connectivity index (χ4n) is 4.56. The number of nitrogens with one attached hydrogen (secondary N) is 1. The van der Waals surface area contributed by atoms with E-state index in [1.165, 1.54) is 0 Å². The molecular weight excluding hydrogens is 416 g/mol. The molecule has 0 aromatic carbocycles. The van der Waals surface area contributed by atoms with Gasteiger partial charge in [-0.15, -0.1) is 0 Å². The zero-order valence-electron chi connectivity index (χ0n) is 17.8. The molecule has 31 heavy (non-hydrogen) atoms. The molecule has 2 saturated heterocycles. The minimum absolute atomic E-state index is 0.137. The van der Waals surface area contributed by atoms with Gasteiger partial charge in [-0.2, -0.15) is 0 Å². The van der Waals surface area contributed by atoms with Crippen LogP contribution in [0.1, 0.15) is 33.6 Å². The van der Waals surface area contributed by atoms with E-state index in [-0.39, 0.29) is 18.2 Å². The van der Waals surface area contributed by atoms with E-state index in [0.29, 0.717) is 16.6 Å². The van der Waals surface area contributed by atoms with Crippen LogP contribution in [-0.4, -0.2) is 61.7 Å². The number of H-pyrrole nitrogens is 1. The first-order valence-corrected chi connectivity index (χ1v) is 10.9. The summed E-state index contributed by atoms with van der Waals surface area (Å²) in [6, 6.07) is 5.92. The van der Waals surface area contributed by atoms with E-state index in [1.807, 2.05) is 37.8 Å². The third-order valence-electron chi connectivity index (χ3n) is 5.80. The van der Waals surface area contributed by atoms with Gasteiger partial charge in [0.1, 0.15) is 22.1 Å². The zero-order chi connectivity index (χ0) is 21.8. The number of amides is 1. The van der Waals surface area contributed by atoms with Gasteiger partial charge in [0.05, 0.1) is 17.8 Å². The number of hydrogen-bond donors (Lipinski definition) is 1. The summed E-state index contributed by atoms with van der Waals surface area (Å²) in [6.45, 7) is 7.22. The number of rotatable bonds is 2. The van der Waals surface area contributed by atoms with Crippen LogP contribution < -0.4 is 4.90 Å². The Morgan fingerprint density at radius 1 is 1.16 bits per heavy atom. The molecule has 2 bridgehead atoms. The van der Waals surface area contributed by atoms with Crippen molar-refractivity contribution in [3.05, 3.63) is 35.7 Å². The molecule has 2 fully saturated rings. The van der Waals surface area contributed by atoms with Gasteiger partial charge in [-0.25, -0.2) is 19.7 Å². The normalized spacial score (nSPS) is 21.0. The third-order valence-corrected chi connectivity index (χ3v) is 6.00. The number of nitrogens with zero attached hydrogens (tertiary/aromatic N) is 5. The first-order chi connectivity index (χ1) is 14.8. The average molecular weight is 441 g/mol. The van der Waals surface area contributed by atoms with Crippen molar-refractivity contribution >= 4 is 34.5 Å². The molecule has 8 nitrogen and oxygen atoms in total. The summed E-state index contributed by atoms with van der Waals surface area (Å²) in [6.07, 6.45) is 5.20. The molecule has 0 aliphatic carbocycles. The van der Waals surface area contributed by atoms with Crippen molar-refractivity contribution < 1.29 is 9.53 Å². The van der Waals surface area contributed by atoms with E-state index in [9.17, 15) is 4.79 Å². The van der Waals surface area contributed by atoms with Gasteiger partial charge >= 0.3 is 6.09 Å². The molecule has 1 amide bonds. The van der Waals surface area contributed by atoms with Gasteiger partial charge in [0.25, 0.3) is 0 Å². The molecule has 0 spiro atoms. The van der Waals surface area contributed by atoms with Gasteiger partial charge in [0.2, 0.25) is 0 Å². The molecule has 1 N–H and O–H groups in total. The van der Waals surface area contributed by atoms with E-state index in [1.54, 1.807) is 18.5 Å². The van der Waals surface area contributed by atoms with Crippen molar-refractivity contribution in [2.45, 2.75) is 51.3 Å². The second kappa shape index (κ2) is 7.37. The number of imidazole rings is 1. The van der Waals surface area contributed by atoms with Crippen molar-refractivity contribution in [3.8, 4) is 11.4 Å². The number of piperazine rings is 1. The van der Waals surface area contributed by atoms with Crippen molar-refractivity contribution in [1.82, 2.24) is 24.8 Å². The summed E-state index contributed by atoms with van der Waals surface area (Å²) in [4.78, 5) is 33.6. The number of halogens is 1. The Hall–Kier alpha value is -2.87. The number of pyridine rings is 2. The largest absolute Gasteiger partial charge is 0.444 e. The van der Waals surface area contributed by atoms with Crippen molar-refractivity contribution in [2.75, 3.05) is 18.0 Å². The lowest BCUT2D eigenvalue weighted by Crippen LogP contribution is -2.56. The summed E-state index contributed by atoms with van der Waals surface area (Å²) in [5.41, 5.74) is 2.95. The van der Waals surface area contributed by atoms with Gasteiger partial charge in [0, 0.05) is 31.0 Å². The first kappa shape index (κ1) is 20.1. The van der Waals surface area contributed by atoms with Gasteiger partial charge in [-0.1, -0.05) is 11.6 Å². The molecule has 2 atom stereocenters. The fraction of sp³-hybridized carbons (Fsp3) is 0.455. The van der Waals surface area contributed by atoms with Gasteiger partial charge < -0.3 is 14.6 Å². The van der Waals surface area contributed by atoms with E-state index in [0.717, 1.165) is 42.7 Å². The number of fused-ring (bicyclic) bond motifs is 3. The summed E-state index contributed by atoms with van der Waals surface area (Å²) in [5, 5.41) is 0.418. The molecule has 5 rings (SSSR count). The predicted octanol–water partition coefficient (Wildman–Crippen LogP) is 4.26. The summed E-state index contributed by atoms with van der Waals surface area (Å²) in [5.74, 6) is 0.703. The number of anilines is 1. The maximum absolute atomic E-state index is 12.8. The van der Waals surface area contributed by atoms with Crippen LogP contribution in [0, 0.1) is 0 Å². The summed E-state index contributed by atoms with van der Waals surface area (Å²) < 4.78 is 5.66. The Bertz CT molecular complexity index is 1130. The maximum Gasteiger partial charge on any atom is 0.410 e. The van der Waals surface area contributed by atoms with Crippen molar-refractivity contribution in [2.24, 2.45) is 0 Å². The number of aromatic amines is 1. The highest BCUT2D eigenvalue weighted by molar-refractivity contribution is 6.29. The van der Waals surface area contributed by atoms with Crippen LogP contribution in [0.2, 0.25) is 5.15 Å². The quantitative estimate of drug-likeness (QED) is 0.599. The minimum Gasteiger partial charge on any atom is -0.444 e. The lowest BCUT2D eigenvalue weighted by molar-refractivity contribution is 0.0123. The number of aromatic nitrogens is 4. The highest BCUT2D eigenvalue weighted by atomic mass is 35.5. The summed E-state index contributed by atoms with van der Waals surface area (Å²) >= 11 is 6.05. The Balaban J connectivity index is 1.43. The molecule has 2 aliphatic rings. The molecule has 2 aliphatic heterocycles. The number of carbonyl (C=O) groups excluding carboxylic acids is 1. The molecule has 5 heterocycles. The predicted molar refractivity (Wildman–Crippen MR) is 119 cm³/mol. The standard InChI is InChI=1S/C22H25ClN6O2/c1-22(2,3)31-21(30)29-14-4-5-15(29)12-28(11-14)16-7-9-25-20-18(16)26-19(27-20)13-6-8-24-17(23)10-13/h6-10,14-15H,4-5,11-12H2,1-3H3,(H,25,26,27). The molecule has 162 valence electrons. The van der Waals surface area contributed by atoms with Crippen molar-refractivity contribution in [3.63, 3.8) is 0 Å². The van der Waals surface area contributed by atoms with E-state index < -0.39 is 5.60 Å². The molecule has 0 radical (unpaired) electrons. The van der Waals surface area contributed by atoms with Gasteiger partial charge in [-0.3, -0.25) is 4.90 Å². The maximum atomic E-state index is 12.8. The number of carbonyl (C=O) groups is 1.